The molecule has 0 heterocycles. The van der Waals surface area contributed by atoms with Gasteiger partial charge in [0.1, 0.15) is 0 Å². The summed E-state index contributed by atoms with van der Waals surface area (Å²) in [6, 6.07) is 3.94. The molecule has 17 heavy (non-hydrogen) atoms. The summed E-state index contributed by atoms with van der Waals surface area (Å²) >= 11 is 1.46. The summed E-state index contributed by atoms with van der Waals surface area (Å²) in [6.45, 7) is 7.77. The van der Waals surface area contributed by atoms with E-state index in [-0.39, 0.29) is 0 Å². The van der Waals surface area contributed by atoms with Crippen LogP contribution in [0.15, 0.2) is 35.2 Å². The summed E-state index contributed by atoms with van der Waals surface area (Å²) in [5.41, 5.74) is 1.05. The molecule has 1 rings (SSSR count). The fraction of sp³-hybridized carbons (Fsp3) is 0.385. The second-order valence-electron chi connectivity index (χ2n) is 3.79. The Balaban J connectivity index is 2.34. The van der Waals surface area contributed by atoms with Gasteiger partial charge in [-0.2, -0.15) is 0 Å². The molecule has 1 aromatic carbocycles. The van der Waals surface area contributed by atoms with Gasteiger partial charge in [-0.15, -0.1) is 11.8 Å². The Morgan fingerprint density at radius 2 is 2.12 bits per heavy atom. The zero-order chi connectivity index (χ0) is 12.7. The van der Waals surface area contributed by atoms with Crippen LogP contribution in [0.3, 0.4) is 0 Å². The Morgan fingerprint density at radius 3 is 2.76 bits per heavy atom. The first-order valence-corrected chi connectivity index (χ1v) is 6.57. The largest absolute Gasteiger partial charge is 0.313 e. The van der Waals surface area contributed by atoms with Gasteiger partial charge in [-0.05, 0) is 31.2 Å². The molecule has 0 atom stereocenters. The molecule has 0 saturated carbocycles. The van der Waals surface area contributed by atoms with Crippen LogP contribution in [0.1, 0.15) is 13.3 Å². The molecule has 0 fully saturated rings. The molecule has 0 aliphatic heterocycles. The van der Waals surface area contributed by atoms with Crippen LogP contribution in [-0.2, 0) is 0 Å². The fourth-order valence-corrected chi connectivity index (χ4v) is 2.07. The standard InChI is InChI=1S/C13H17F2NS/c1-3-6-16-8-10(2)9-17-11-4-5-12(14)13(15)7-11/h4-5,7,16H,2-3,6,8-9H2,1H3. The maximum Gasteiger partial charge on any atom is 0.159 e. The lowest BCUT2D eigenvalue weighted by atomic mass is 10.3. The minimum absolute atomic E-state index is 0.710. The minimum Gasteiger partial charge on any atom is -0.313 e. The molecule has 1 aromatic rings. The Morgan fingerprint density at radius 1 is 1.35 bits per heavy atom. The van der Waals surface area contributed by atoms with Crippen LogP contribution in [0.2, 0.25) is 0 Å². The van der Waals surface area contributed by atoms with Gasteiger partial charge in [-0.25, -0.2) is 8.78 Å². The number of nitrogens with one attached hydrogen (secondary N) is 1. The van der Waals surface area contributed by atoms with E-state index < -0.39 is 11.6 Å². The number of rotatable bonds is 7. The van der Waals surface area contributed by atoms with E-state index in [1.165, 1.54) is 17.8 Å². The van der Waals surface area contributed by atoms with Crippen molar-refractivity contribution in [1.29, 1.82) is 0 Å². The number of hydrogen-bond acceptors (Lipinski definition) is 2. The summed E-state index contributed by atoms with van der Waals surface area (Å²) < 4.78 is 25.6. The maximum absolute atomic E-state index is 12.9. The van der Waals surface area contributed by atoms with Crippen molar-refractivity contribution in [3.8, 4) is 0 Å². The van der Waals surface area contributed by atoms with E-state index in [0.29, 0.717) is 5.75 Å². The number of halogens is 2. The lowest BCUT2D eigenvalue weighted by Gasteiger charge is -2.07. The van der Waals surface area contributed by atoms with E-state index >= 15 is 0 Å². The average Bonchev–Trinajstić information content (AvgIpc) is 2.31. The SMILES string of the molecule is C=C(CNCCC)CSc1ccc(F)c(F)c1. The molecular weight excluding hydrogens is 240 g/mol. The van der Waals surface area contributed by atoms with E-state index in [4.69, 9.17) is 0 Å². The molecule has 0 bridgehead atoms. The molecule has 0 saturated heterocycles. The smallest absolute Gasteiger partial charge is 0.159 e. The topological polar surface area (TPSA) is 12.0 Å². The molecule has 0 aliphatic rings. The first kappa shape index (κ1) is 14.2. The van der Waals surface area contributed by atoms with Gasteiger partial charge in [0.2, 0.25) is 0 Å². The van der Waals surface area contributed by atoms with E-state index in [1.807, 2.05) is 0 Å². The fourth-order valence-electron chi connectivity index (χ4n) is 1.25. The van der Waals surface area contributed by atoms with E-state index in [9.17, 15) is 8.78 Å². The van der Waals surface area contributed by atoms with Gasteiger partial charge in [-0.3, -0.25) is 0 Å². The van der Waals surface area contributed by atoms with Crippen molar-refractivity contribution in [2.75, 3.05) is 18.8 Å². The lowest BCUT2D eigenvalue weighted by Crippen LogP contribution is -2.18. The molecule has 0 aromatic heterocycles. The van der Waals surface area contributed by atoms with Crippen molar-refractivity contribution in [2.24, 2.45) is 0 Å². The number of hydrogen-bond donors (Lipinski definition) is 1. The van der Waals surface area contributed by atoms with Crippen LogP contribution in [0.5, 0.6) is 0 Å². The van der Waals surface area contributed by atoms with Crippen LogP contribution >= 0.6 is 11.8 Å². The Kier molecular flexibility index (Phi) is 6.22. The van der Waals surface area contributed by atoms with Crippen molar-refractivity contribution < 1.29 is 8.78 Å². The third-order valence-electron chi connectivity index (χ3n) is 2.14. The van der Waals surface area contributed by atoms with Crippen molar-refractivity contribution in [2.45, 2.75) is 18.2 Å². The molecule has 0 spiro atoms. The van der Waals surface area contributed by atoms with Crippen LogP contribution in [-0.4, -0.2) is 18.8 Å². The Hall–Kier alpha value is -0.870. The molecule has 1 nitrogen and oxygen atoms in total. The van der Waals surface area contributed by atoms with Crippen LogP contribution in [0.25, 0.3) is 0 Å². The molecule has 0 radical (unpaired) electrons. The van der Waals surface area contributed by atoms with Gasteiger partial charge < -0.3 is 5.32 Å². The quantitative estimate of drug-likeness (QED) is 0.455. The molecule has 0 amide bonds. The normalized spacial score (nSPS) is 10.5. The second-order valence-corrected chi connectivity index (χ2v) is 4.84. The number of thioether (sulfide) groups is 1. The highest BCUT2D eigenvalue weighted by Gasteiger charge is 2.03. The molecule has 0 unspecified atom stereocenters. The first-order chi connectivity index (χ1) is 8.13. The monoisotopic (exact) mass is 257 g/mol. The lowest BCUT2D eigenvalue weighted by molar-refractivity contribution is 0.506. The van der Waals surface area contributed by atoms with Crippen LogP contribution < -0.4 is 5.32 Å². The van der Waals surface area contributed by atoms with Gasteiger partial charge in [0.25, 0.3) is 0 Å². The molecule has 94 valence electrons. The second kappa shape index (κ2) is 7.45. The molecule has 1 N–H and O–H groups in total. The van der Waals surface area contributed by atoms with Crippen LogP contribution in [0, 0.1) is 11.6 Å². The van der Waals surface area contributed by atoms with Crippen molar-refractivity contribution in [3.05, 3.63) is 42.0 Å². The molecule has 4 heteroatoms. The Bertz CT molecular complexity index is 380. The summed E-state index contributed by atoms with van der Waals surface area (Å²) in [4.78, 5) is 0.723. The van der Waals surface area contributed by atoms with Gasteiger partial charge in [0, 0.05) is 17.2 Å². The molecular formula is C13H17F2NS. The van der Waals surface area contributed by atoms with E-state index in [0.717, 1.165) is 36.0 Å². The van der Waals surface area contributed by atoms with E-state index in [1.54, 1.807) is 6.07 Å². The van der Waals surface area contributed by atoms with E-state index in [2.05, 4.69) is 18.8 Å². The average molecular weight is 257 g/mol. The highest BCUT2D eigenvalue weighted by atomic mass is 32.2. The summed E-state index contributed by atoms with van der Waals surface area (Å²) in [5, 5.41) is 3.24. The zero-order valence-corrected chi connectivity index (χ0v) is 10.7. The summed E-state index contributed by atoms with van der Waals surface area (Å²) in [6.07, 6.45) is 1.09. The third-order valence-corrected chi connectivity index (χ3v) is 3.28. The van der Waals surface area contributed by atoms with Gasteiger partial charge >= 0.3 is 0 Å². The van der Waals surface area contributed by atoms with Gasteiger partial charge in [0.15, 0.2) is 11.6 Å². The predicted octanol–water partition coefficient (Wildman–Crippen LogP) is 3.61. The number of benzene rings is 1. The predicted molar refractivity (Wildman–Crippen MR) is 69.4 cm³/mol. The molecule has 0 aliphatic carbocycles. The van der Waals surface area contributed by atoms with Crippen molar-refractivity contribution in [1.82, 2.24) is 5.32 Å². The first-order valence-electron chi connectivity index (χ1n) is 5.58. The summed E-state index contributed by atoms with van der Waals surface area (Å²) in [5.74, 6) is -0.899. The zero-order valence-electron chi connectivity index (χ0n) is 9.93. The maximum atomic E-state index is 12.9. The third kappa shape index (κ3) is 5.33. The minimum atomic E-state index is -0.808. The summed E-state index contributed by atoms with van der Waals surface area (Å²) in [7, 11) is 0. The van der Waals surface area contributed by atoms with Gasteiger partial charge in [-0.1, -0.05) is 19.1 Å². The van der Waals surface area contributed by atoms with Crippen LogP contribution in [0.4, 0.5) is 8.78 Å². The highest BCUT2D eigenvalue weighted by molar-refractivity contribution is 7.99. The van der Waals surface area contributed by atoms with Gasteiger partial charge in [0.05, 0.1) is 0 Å². The van der Waals surface area contributed by atoms with Crippen molar-refractivity contribution in [3.63, 3.8) is 0 Å². The highest BCUT2D eigenvalue weighted by Crippen LogP contribution is 2.21. The van der Waals surface area contributed by atoms with Crippen molar-refractivity contribution >= 4 is 11.8 Å². The Labute approximate surface area is 105 Å².